The molecule has 1 aromatic rings. The summed E-state index contributed by atoms with van der Waals surface area (Å²) in [6.45, 7) is 0. The quantitative estimate of drug-likeness (QED) is 0.869. The van der Waals surface area contributed by atoms with Gasteiger partial charge in [-0.25, -0.2) is 0 Å². The topological polar surface area (TPSA) is 38.3 Å². The second kappa shape index (κ2) is 4.78. The molecule has 0 atom stereocenters. The van der Waals surface area contributed by atoms with Crippen molar-refractivity contribution in [2.75, 3.05) is 14.2 Å². The van der Waals surface area contributed by atoms with Crippen LogP contribution >= 0.6 is 0 Å². The van der Waals surface area contributed by atoms with E-state index in [4.69, 9.17) is 4.74 Å². The smallest absolute Gasteiger partial charge is 0.230 e. The highest BCUT2D eigenvalue weighted by atomic mass is 16.5. The predicted molar refractivity (Wildman–Crippen MR) is 67.2 cm³/mol. The van der Waals surface area contributed by atoms with Crippen molar-refractivity contribution in [2.24, 2.45) is 0 Å². The summed E-state index contributed by atoms with van der Waals surface area (Å²) in [6, 6.07) is 7.88. The fourth-order valence-corrected chi connectivity index (χ4v) is 2.77. The molecule has 0 bridgehead atoms. The first-order valence-electron chi connectivity index (χ1n) is 6.09. The van der Waals surface area contributed by atoms with Crippen molar-refractivity contribution in [3.8, 4) is 5.75 Å². The summed E-state index contributed by atoms with van der Waals surface area (Å²) in [7, 11) is 3.37. The van der Waals surface area contributed by atoms with E-state index >= 15 is 0 Å². The van der Waals surface area contributed by atoms with E-state index in [0.717, 1.165) is 37.0 Å². The fourth-order valence-electron chi connectivity index (χ4n) is 2.77. The highest BCUT2D eigenvalue weighted by Crippen LogP contribution is 2.41. The Kier molecular flexibility index (Phi) is 3.36. The van der Waals surface area contributed by atoms with Crippen LogP contribution in [-0.2, 0) is 10.2 Å². The van der Waals surface area contributed by atoms with Crippen LogP contribution in [0.2, 0.25) is 0 Å². The fraction of sp³-hybridized carbons (Fsp3) is 0.500. The predicted octanol–water partition coefficient (Wildman–Crippen LogP) is 2.25. The van der Waals surface area contributed by atoms with Crippen LogP contribution in [0.15, 0.2) is 24.3 Å². The lowest BCUT2D eigenvalue weighted by Crippen LogP contribution is -2.40. The molecule has 92 valence electrons. The highest BCUT2D eigenvalue weighted by Gasteiger charge is 2.41. The molecule has 1 saturated carbocycles. The lowest BCUT2D eigenvalue weighted by Gasteiger charge is -2.27. The monoisotopic (exact) mass is 233 g/mol. The molecule has 3 heteroatoms. The number of carbonyl (C=O) groups is 1. The molecule has 0 spiro atoms. The lowest BCUT2D eigenvalue weighted by atomic mass is 9.78. The van der Waals surface area contributed by atoms with Crippen molar-refractivity contribution < 1.29 is 9.53 Å². The second-order valence-electron chi connectivity index (χ2n) is 4.60. The zero-order valence-corrected chi connectivity index (χ0v) is 10.5. The van der Waals surface area contributed by atoms with Crippen LogP contribution in [-0.4, -0.2) is 20.1 Å². The number of methoxy groups -OCH3 is 1. The molecular formula is C14H19NO2. The van der Waals surface area contributed by atoms with Gasteiger partial charge in [-0.15, -0.1) is 0 Å². The Bertz CT molecular complexity index is 391. The molecule has 17 heavy (non-hydrogen) atoms. The van der Waals surface area contributed by atoms with Gasteiger partial charge in [0.1, 0.15) is 5.75 Å². The first kappa shape index (κ1) is 12.0. The molecule has 0 heterocycles. The molecule has 3 nitrogen and oxygen atoms in total. The number of likely N-dealkylation sites (N-methyl/N-ethyl adjacent to an activating group) is 1. The number of hydrogen-bond acceptors (Lipinski definition) is 2. The number of hydrogen-bond donors (Lipinski definition) is 1. The van der Waals surface area contributed by atoms with E-state index < -0.39 is 0 Å². The molecule has 1 aromatic carbocycles. The third kappa shape index (κ3) is 2.02. The van der Waals surface area contributed by atoms with Gasteiger partial charge >= 0.3 is 0 Å². The summed E-state index contributed by atoms with van der Waals surface area (Å²) >= 11 is 0. The van der Waals surface area contributed by atoms with Crippen LogP contribution in [0.3, 0.4) is 0 Å². The first-order chi connectivity index (χ1) is 8.23. The average molecular weight is 233 g/mol. The maximum absolute atomic E-state index is 12.1. The van der Waals surface area contributed by atoms with Gasteiger partial charge in [-0.05, 0) is 30.5 Å². The minimum atomic E-state index is -0.318. The summed E-state index contributed by atoms with van der Waals surface area (Å²) < 4.78 is 5.15. The van der Waals surface area contributed by atoms with Crippen molar-refractivity contribution in [1.29, 1.82) is 0 Å². The zero-order valence-electron chi connectivity index (χ0n) is 10.5. The summed E-state index contributed by atoms with van der Waals surface area (Å²) in [6.07, 6.45) is 4.14. The SMILES string of the molecule is CNC(=O)C1(c2ccc(OC)cc2)CCCC1. The first-order valence-corrected chi connectivity index (χ1v) is 6.09. The van der Waals surface area contributed by atoms with Crippen LogP contribution in [0.5, 0.6) is 5.75 Å². The van der Waals surface area contributed by atoms with Crippen molar-refractivity contribution in [1.82, 2.24) is 5.32 Å². The second-order valence-corrected chi connectivity index (χ2v) is 4.60. The van der Waals surface area contributed by atoms with Crippen LogP contribution in [0.4, 0.5) is 0 Å². The van der Waals surface area contributed by atoms with Crippen LogP contribution < -0.4 is 10.1 Å². The van der Waals surface area contributed by atoms with E-state index in [0.29, 0.717) is 0 Å². The van der Waals surface area contributed by atoms with Gasteiger partial charge in [0, 0.05) is 7.05 Å². The Morgan fingerprint density at radius 3 is 2.29 bits per heavy atom. The van der Waals surface area contributed by atoms with E-state index in [1.807, 2.05) is 24.3 Å². The normalized spacial score (nSPS) is 17.8. The Morgan fingerprint density at radius 1 is 1.24 bits per heavy atom. The molecule has 0 unspecified atom stereocenters. The molecule has 1 aliphatic rings. The van der Waals surface area contributed by atoms with Gasteiger partial charge in [0.25, 0.3) is 0 Å². The summed E-state index contributed by atoms with van der Waals surface area (Å²) in [5.41, 5.74) is 0.788. The maximum Gasteiger partial charge on any atom is 0.230 e. The number of amides is 1. The largest absolute Gasteiger partial charge is 0.497 e. The Labute approximate surface area is 102 Å². The standard InChI is InChI=1S/C14H19NO2/c1-15-13(16)14(9-3-4-10-14)11-5-7-12(17-2)8-6-11/h5-8H,3-4,9-10H2,1-2H3,(H,15,16). The Morgan fingerprint density at radius 2 is 1.82 bits per heavy atom. The molecule has 0 aromatic heterocycles. The van der Waals surface area contributed by atoms with Crippen molar-refractivity contribution in [3.05, 3.63) is 29.8 Å². The molecule has 0 saturated heterocycles. The molecular weight excluding hydrogens is 214 g/mol. The molecule has 1 N–H and O–H groups in total. The van der Waals surface area contributed by atoms with Gasteiger partial charge in [-0.3, -0.25) is 4.79 Å². The van der Waals surface area contributed by atoms with E-state index in [1.54, 1.807) is 14.2 Å². The van der Waals surface area contributed by atoms with Crippen molar-refractivity contribution in [2.45, 2.75) is 31.1 Å². The number of ether oxygens (including phenoxy) is 1. The maximum atomic E-state index is 12.1. The molecule has 1 aliphatic carbocycles. The van der Waals surface area contributed by atoms with Crippen LogP contribution in [0, 0.1) is 0 Å². The third-order valence-electron chi connectivity index (χ3n) is 3.76. The third-order valence-corrected chi connectivity index (χ3v) is 3.76. The molecule has 0 radical (unpaired) electrons. The average Bonchev–Trinajstić information content (AvgIpc) is 2.88. The summed E-state index contributed by atoms with van der Waals surface area (Å²) in [4.78, 5) is 12.1. The number of carbonyl (C=O) groups excluding carboxylic acids is 1. The summed E-state index contributed by atoms with van der Waals surface area (Å²) in [5.74, 6) is 0.971. The number of benzene rings is 1. The van der Waals surface area contributed by atoms with Gasteiger partial charge < -0.3 is 10.1 Å². The van der Waals surface area contributed by atoms with E-state index in [1.165, 1.54) is 0 Å². The Hall–Kier alpha value is -1.51. The minimum Gasteiger partial charge on any atom is -0.497 e. The van der Waals surface area contributed by atoms with Gasteiger partial charge in [-0.2, -0.15) is 0 Å². The molecule has 0 aliphatic heterocycles. The van der Waals surface area contributed by atoms with Gasteiger partial charge in [0.15, 0.2) is 0 Å². The zero-order chi connectivity index (χ0) is 12.3. The molecule has 1 fully saturated rings. The molecule has 2 rings (SSSR count). The van der Waals surface area contributed by atoms with E-state index in [9.17, 15) is 4.79 Å². The number of nitrogens with one attached hydrogen (secondary N) is 1. The van der Waals surface area contributed by atoms with Gasteiger partial charge in [-0.1, -0.05) is 25.0 Å². The minimum absolute atomic E-state index is 0.139. The van der Waals surface area contributed by atoms with Crippen LogP contribution in [0.1, 0.15) is 31.2 Å². The van der Waals surface area contributed by atoms with E-state index in [2.05, 4.69) is 5.32 Å². The lowest BCUT2D eigenvalue weighted by molar-refractivity contribution is -0.126. The highest BCUT2D eigenvalue weighted by molar-refractivity contribution is 5.88. The van der Waals surface area contributed by atoms with E-state index in [-0.39, 0.29) is 11.3 Å². The van der Waals surface area contributed by atoms with Crippen LogP contribution in [0.25, 0.3) is 0 Å². The van der Waals surface area contributed by atoms with Crippen molar-refractivity contribution >= 4 is 5.91 Å². The van der Waals surface area contributed by atoms with Gasteiger partial charge in [0.05, 0.1) is 12.5 Å². The Balaban J connectivity index is 2.35. The molecule has 1 amide bonds. The summed E-state index contributed by atoms with van der Waals surface area (Å²) in [5, 5.41) is 2.80. The van der Waals surface area contributed by atoms with Crippen molar-refractivity contribution in [3.63, 3.8) is 0 Å². The van der Waals surface area contributed by atoms with Gasteiger partial charge in [0.2, 0.25) is 5.91 Å². The number of rotatable bonds is 3.